The number of allylic oxidation sites excluding steroid dienone is 1. The third-order valence-corrected chi connectivity index (χ3v) is 5.19. The topological polar surface area (TPSA) is 64.4 Å². The van der Waals surface area contributed by atoms with Crippen LogP contribution in [-0.2, 0) is 4.79 Å². The zero-order valence-electron chi connectivity index (χ0n) is 17.6. The number of hydrogen-bond acceptors (Lipinski definition) is 4. The molecule has 152 valence electrons. The van der Waals surface area contributed by atoms with Gasteiger partial charge in [-0.15, -0.1) is 0 Å². The SMILES string of the molecule is CCOc1c(/C(C)=C/C(=O)Nc2cccc3cccnc23)cc2c(C)coc2c1C. The van der Waals surface area contributed by atoms with E-state index in [9.17, 15) is 4.79 Å². The maximum Gasteiger partial charge on any atom is 0.248 e. The molecule has 0 radical (unpaired) electrons. The molecule has 0 fully saturated rings. The van der Waals surface area contributed by atoms with Crippen molar-refractivity contribution >= 4 is 39.0 Å². The average Bonchev–Trinajstić information content (AvgIpc) is 3.11. The minimum atomic E-state index is -0.213. The number of furan rings is 1. The van der Waals surface area contributed by atoms with Gasteiger partial charge in [0.1, 0.15) is 11.3 Å². The van der Waals surface area contributed by atoms with E-state index in [1.807, 2.05) is 64.1 Å². The Hall–Kier alpha value is -3.60. The zero-order chi connectivity index (χ0) is 21.3. The van der Waals surface area contributed by atoms with Crippen molar-refractivity contribution < 1.29 is 13.9 Å². The van der Waals surface area contributed by atoms with Crippen molar-refractivity contribution in [2.75, 3.05) is 11.9 Å². The summed E-state index contributed by atoms with van der Waals surface area (Å²) in [5.41, 5.74) is 5.96. The Balaban J connectivity index is 1.72. The number of fused-ring (bicyclic) bond motifs is 2. The molecule has 0 saturated carbocycles. The van der Waals surface area contributed by atoms with Crippen LogP contribution in [0.15, 0.2) is 59.4 Å². The summed E-state index contributed by atoms with van der Waals surface area (Å²) < 4.78 is 11.6. The third-order valence-electron chi connectivity index (χ3n) is 5.19. The summed E-state index contributed by atoms with van der Waals surface area (Å²) in [5, 5.41) is 4.96. The molecule has 0 aliphatic rings. The quantitative estimate of drug-likeness (QED) is 0.415. The number of para-hydroxylation sites is 1. The van der Waals surface area contributed by atoms with E-state index in [2.05, 4.69) is 10.3 Å². The first-order chi connectivity index (χ1) is 14.5. The first-order valence-electron chi connectivity index (χ1n) is 9.97. The van der Waals surface area contributed by atoms with E-state index in [0.717, 1.165) is 49.9 Å². The highest BCUT2D eigenvalue weighted by molar-refractivity contribution is 6.08. The second-order valence-corrected chi connectivity index (χ2v) is 7.30. The predicted molar refractivity (Wildman–Crippen MR) is 121 cm³/mol. The van der Waals surface area contributed by atoms with Gasteiger partial charge in [0.25, 0.3) is 0 Å². The number of amides is 1. The molecule has 2 aromatic carbocycles. The van der Waals surface area contributed by atoms with E-state index in [1.54, 1.807) is 18.5 Å². The molecular formula is C25H24N2O3. The number of nitrogens with one attached hydrogen (secondary N) is 1. The number of carbonyl (C=O) groups is 1. The first kappa shape index (κ1) is 19.7. The van der Waals surface area contributed by atoms with Crippen LogP contribution in [0.3, 0.4) is 0 Å². The van der Waals surface area contributed by atoms with Crippen LogP contribution in [0.2, 0.25) is 0 Å². The minimum absolute atomic E-state index is 0.213. The highest BCUT2D eigenvalue weighted by Gasteiger charge is 2.17. The van der Waals surface area contributed by atoms with Crippen molar-refractivity contribution in [2.45, 2.75) is 27.7 Å². The molecule has 1 amide bonds. The van der Waals surface area contributed by atoms with Gasteiger partial charge in [-0.1, -0.05) is 18.2 Å². The Morgan fingerprint density at radius 2 is 2.03 bits per heavy atom. The van der Waals surface area contributed by atoms with Gasteiger partial charge in [-0.3, -0.25) is 9.78 Å². The number of anilines is 1. The monoisotopic (exact) mass is 400 g/mol. The van der Waals surface area contributed by atoms with Crippen molar-refractivity contribution in [2.24, 2.45) is 0 Å². The molecule has 30 heavy (non-hydrogen) atoms. The van der Waals surface area contributed by atoms with Gasteiger partial charge in [-0.05, 0) is 57.0 Å². The molecule has 0 aliphatic carbocycles. The molecule has 1 N–H and O–H groups in total. The van der Waals surface area contributed by atoms with Crippen molar-refractivity contribution in [3.05, 3.63) is 71.6 Å². The van der Waals surface area contributed by atoms with Gasteiger partial charge in [-0.25, -0.2) is 0 Å². The number of rotatable bonds is 5. The van der Waals surface area contributed by atoms with Crippen molar-refractivity contribution in [3.8, 4) is 5.75 Å². The number of carbonyl (C=O) groups excluding carboxylic acids is 1. The molecule has 0 bridgehead atoms. The molecular weight excluding hydrogens is 376 g/mol. The van der Waals surface area contributed by atoms with E-state index in [1.165, 1.54) is 0 Å². The maximum absolute atomic E-state index is 12.8. The summed E-state index contributed by atoms with van der Waals surface area (Å²) in [5.74, 6) is 0.530. The number of pyridine rings is 1. The molecule has 2 aromatic heterocycles. The fraction of sp³-hybridized carbons (Fsp3) is 0.200. The molecule has 5 nitrogen and oxygen atoms in total. The molecule has 5 heteroatoms. The number of nitrogens with zero attached hydrogens (tertiary/aromatic N) is 1. The average molecular weight is 400 g/mol. The van der Waals surface area contributed by atoms with E-state index in [4.69, 9.17) is 9.15 Å². The maximum atomic E-state index is 12.8. The summed E-state index contributed by atoms with van der Waals surface area (Å²) >= 11 is 0. The lowest BCUT2D eigenvalue weighted by Crippen LogP contribution is -2.09. The summed E-state index contributed by atoms with van der Waals surface area (Å²) in [7, 11) is 0. The molecule has 0 atom stereocenters. The molecule has 4 rings (SSSR count). The fourth-order valence-electron chi connectivity index (χ4n) is 3.71. The van der Waals surface area contributed by atoms with Crippen LogP contribution >= 0.6 is 0 Å². The number of aryl methyl sites for hydroxylation is 2. The Bertz CT molecular complexity index is 1280. The van der Waals surface area contributed by atoms with Gasteiger partial charge in [-0.2, -0.15) is 0 Å². The molecule has 4 aromatic rings. The van der Waals surface area contributed by atoms with Crippen molar-refractivity contribution in [1.82, 2.24) is 4.98 Å². The van der Waals surface area contributed by atoms with Gasteiger partial charge < -0.3 is 14.5 Å². The largest absolute Gasteiger partial charge is 0.493 e. The van der Waals surface area contributed by atoms with E-state index in [0.29, 0.717) is 12.3 Å². The lowest BCUT2D eigenvalue weighted by atomic mass is 9.98. The summed E-state index contributed by atoms with van der Waals surface area (Å²) in [6, 6.07) is 11.6. The van der Waals surface area contributed by atoms with Crippen LogP contribution in [0.25, 0.3) is 27.4 Å². The van der Waals surface area contributed by atoms with Crippen LogP contribution in [0.4, 0.5) is 5.69 Å². The second kappa shape index (κ2) is 8.03. The van der Waals surface area contributed by atoms with Gasteiger partial charge in [0.15, 0.2) is 0 Å². The van der Waals surface area contributed by atoms with E-state index in [-0.39, 0.29) is 5.91 Å². The van der Waals surface area contributed by atoms with Crippen molar-refractivity contribution in [1.29, 1.82) is 0 Å². The molecule has 0 saturated heterocycles. The summed E-state index contributed by atoms with van der Waals surface area (Å²) in [6.07, 6.45) is 5.06. The number of ether oxygens (including phenoxy) is 1. The van der Waals surface area contributed by atoms with Crippen LogP contribution in [0.1, 0.15) is 30.5 Å². The summed E-state index contributed by atoms with van der Waals surface area (Å²) in [6.45, 7) is 8.38. The lowest BCUT2D eigenvalue weighted by Gasteiger charge is -2.14. The van der Waals surface area contributed by atoms with Crippen LogP contribution < -0.4 is 10.1 Å². The smallest absolute Gasteiger partial charge is 0.248 e. The van der Waals surface area contributed by atoms with Gasteiger partial charge in [0.05, 0.1) is 24.1 Å². The number of hydrogen-bond donors (Lipinski definition) is 1. The predicted octanol–water partition coefficient (Wildman–Crippen LogP) is 6.04. The molecule has 0 unspecified atom stereocenters. The Morgan fingerprint density at radius 3 is 2.83 bits per heavy atom. The van der Waals surface area contributed by atoms with Crippen LogP contribution in [0, 0.1) is 13.8 Å². The molecule has 2 heterocycles. The normalized spacial score (nSPS) is 11.8. The number of benzene rings is 2. The first-order valence-corrected chi connectivity index (χ1v) is 9.97. The van der Waals surface area contributed by atoms with Crippen LogP contribution in [-0.4, -0.2) is 17.5 Å². The van der Waals surface area contributed by atoms with Crippen molar-refractivity contribution in [3.63, 3.8) is 0 Å². The minimum Gasteiger partial charge on any atom is -0.493 e. The fourth-order valence-corrected chi connectivity index (χ4v) is 3.71. The molecule has 0 spiro atoms. The second-order valence-electron chi connectivity index (χ2n) is 7.30. The third kappa shape index (κ3) is 3.54. The van der Waals surface area contributed by atoms with E-state index < -0.39 is 0 Å². The van der Waals surface area contributed by atoms with Gasteiger partial charge >= 0.3 is 0 Å². The zero-order valence-corrected chi connectivity index (χ0v) is 17.6. The highest BCUT2D eigenvalue weighted by atomic mass is 16.5. The lowest BCUT2D eigenvalue weighted by molar-refractivity contribution is -0.111. The van der Waals surface area contributed by atoms with Gasteiger partial charge in [0, 0.05) is 34.2 Å². The van der Waals surface area contributed by atoms with Crippen LogP contribution in [0.5, 0.6) is 5.75 Å². The Morgan fingerprint density at radius 1 is 1.23 bits per heavy atom. The Labute approximate surface area is 175 Å². The Kier molecular flexibility index (Phi) is 5.27. The highest BCUT2D eigenvalue weighted by Crippen LogP contribution is 2.37. The van der Waals surface area contributed by atoms with E-state index >= 15 is 0 Å². The molecule has 0 aliphatic heterocycles. The number of aromatic nitrogens is 1. The standard InChI is InChI=1S/C25H24N2O3/c1-5-29-24-17(4)25-20(16(3)14-30-25)13-19(24)15(2)12-22(28)27-21-10-6-8-18-9-7-11-26-23(18)21/h6-14H,5H2,1-4H3,(H,27,28)/b15-12+. The summed E-state index contributed by atoms with van der Waals surface area (Å²) in [4.78, 5) is 17.2. The van der Waals surface area contributed by atoms with Gasteiger partial charge in [0.2, 0.25) is 5.91 Å².